The maximum atomic E-state index is 11.9. The number of nitrogens with one attached hydrogen (secondary N) is 2. The van der Waals surface area contributed by atoms with Crippen LogP contribution in [0.1, 0.15) is 24.1 Å². The third-order valence-corrected chi connectivity index (χ3v) is 3.47. The molecule has 0 saturated heterocycles. The molecule has 120 valence electrons. The fourth-order valence-electron chi connectivity index (χ4n) is 2.10. The second kappa shape index (κ2) is 7.98. The van der Waals surface area contributed by atoms with Crippen molar-refractivity contribution in [1.29, 1.82) is 0 Å². The van der Waals surface area contributed by atoms with Crippen molar-refractivity contribution >= 4 is 11.8 Å². The van der Waals surface area contributed by atoms with Gasteiger partial charge in [-0.25, -0.2) is 0 Å². The Morgan fingerprint density at radius 1 is 1.00 bits per heavy atom. The Hall–Kier alpha value is -2.82. The third kappa shape index (κ3) is 4.85. The first kappa shape index (κ1) is 16.5. The third-order valence-electron chi connectivity index (χ3n) is 3.47. The van der Waals surface area contributed by atoms with E-state index in [-0.39, 0.29) is 6.04 Å². The molecule has 0 radical (unpaired) electrons. The van der Waals surface area contributed by atoms with Crippen LogP contribution < -0.4 is 15.4 Å². The fourth-order valence-corrected chi connectivity index (χ4v) is 2.10. The molecule has 2 amide bonds. The number of rotatable bonds is 5. The summed E-state index contributed by atoms with van der Waals surface area (Å²) in [5.41, 5.74) is 1.84. The van der Waals surface area contributed by atoms with Crippen LogP contribution in [0, 0.1) is 0 Å². The van der Waals surface area contributed by atoms with Crippen LogP contribution in [0.5, 0.6) is 5.75 Å². The topological polar surface area (TPSA) is 67.4 Å². The van der Waals surface area contributed by atoms with Crippen molar-refractivity contribution in [3.05, 3.63) is 65.7 Å². The quantitative estimate of drug-likeness (QED) is 0.832. The van der Waals surface area contributed by atoms with Crippen LogP contribution in [-0.4, -0.2) is 18.9 Å². The maximum absolute atomic E-state index is 11.9. The van der Waals surface area contributed by atoms with Gasteiger partial charge in [0.2, 0.25) is 0 Å². The Labute approximate surface area is 135 Å². The maximum Gasteiger partial charge on any atom is 0.309 e. The van der Waals surface area contributed by atoms with Crippen molar-refractivity contribution in [2.75, 3.05) is 7.11 Å². The van der Waals surface area contributed by atoms with Gasteiger partial charge in [0.05, 0.1) is 13.2 Å². The van der Waals surface area contributed by atoms with E-state index in [0.717, 1.165) is 16.9 Å². The Morgan fingerprint density at radius 2 is 1.65 bits per heavy atom. The van der Waals surface area contributed by atoms with Crippen molar-refractivity contribution in [3.8, 4) is 5.75 Å². The van der Waals surface area contributed by atoms with Gasteiger partial charge in [0, 0.05) is 6.54 Å². The van der Waals surface area contributed by atoms with Gasteiger partial charge in [-0.2, -0.15) is 0 Å². The molecule has 0 aromatic heterocycles. The minimum atomic E-state index is -0.649. The average Bonchev–Trinajstić information content (AvgIpc) is 2.60. The van der Waals surface area contributed by atoms with Gasteiger partial charge >= 0.3 is 11.8 Å². The number of carbonyl (C=O) groups excluding carboxylic acids is 2. The summed E-state index contributed by atoms with van der Waals surface area (Å²) in [7, 11) is 1.59. The van der Waals surface area contributed by atoms with E-state index in [1.54, 1.807) is 7.11 Å². The highest BCUT2D eigenvalue weighted by atomic mass is 16.5. The van der Waals surface area contributed by atoms with E-state index in [1.165, 1.54) is 0 Å². The molecule has 0 bridgehead atoms. The summed E-state index contributed by atoms with van der Waals surface area (Å²) < 4.78 is 5.09. The molecule has 0 unspecified atom stereocenters. The van der Waals surface area contributed by atoms with Crippen LogP contribution in [0.3, 0.4) is 0 Å². The number of carbonyl (C=O) groups is 2. The molecule has 0 spiro atoms. The summed E-state index contributed by atoms with van der Waals surface area (Å²) in [6, 6.07) is 16.5. The first-order valence-corrected chi connectivity index (χ1v) is 7.36. The lowest BCUT2D eigenvalue weighted by molar-refractivity contribution is -0.139. The smallest absolute Gasteiger partial charge is 0.309 e. The van der Waals surface area contributed by atoms with Gasteiger partial charge in [0.15, 0.2) is 0 Å². The number of hydrogen-bond acceptors (Lipinski definition) is 3. The van der Waals surface area contributed by atoms with E-state index in [0.29, 0.717) is 6.54 Å². The van der Waals surface area contributed by atoms with E-state index in [2.05, 4.69) is 10.6 Å². The van der Waals surface area contributed by atoms with E-state index < -0.39 is 11.8 Å². The van der Waals surface area contributed by atoms with Crippen LogP contribution in [0.15, 0.2) is 54.6 Å². The summed E-state index contributed by atoms with van der Waals surface area (Å²) in [5.74, 6) is -0.550. The second-order valence-electron chi connectivity index (χ2n) is 5.14. The number of benzene rings is 2. The van der Waals surface area contributed by atoms with E-state index in [4.69, 9.17) is 4.74 Å². The number of methoxy groups -OCH3 is 1. The molecule has 2 rings (SSSR count). The van der Waals surface area contributed by atoms with Crippen LogP contribution in [0.4, 0.5) is 0 Å². The van der Waals surface area contributed by atoms with E-state index >= 15 is 0 Å². The molecular formula is C18H20N2O3. The summed E-state index contributed by atoms with van der Waals surface area (Å²) in [6.07, 6.45) is 0. The van der Waals surface area contributed by atoms with Crippen molar-refractivity contribution in [2.45, 2.75) is 19.5 Å². The number of amides is 2. The highest BCUT2D eigenvalue weighted by Crippen LogP contribution is 2.17. The predicted molar refractivity (Wildman–Crippen MR) is 87.8 cm³/mol. The Balaban J connectivity index is 1.85. The van der Waals surface area contributed by atoms with Crippen LogP contribution >= 0.6 is 0 Å². The molecule has 23 heavy (non-hydrogen) atoms. The second-order valence-corrected chi connectivity index (χ2v) is 5.14. The fraction of sp³-hybridized carbons (Fsp3) is 0.222. The number of ether oxygens (including phenoxy) is 1. The summed E-state index contributed by atoms with van der Waals surface area (Å²) in [6.45, 7) is 2.15. The SMILES string of the molecule is COc1ccc([C@H](C)NC(=O)C(=O)NCc2ccccc2)cc1. The summed E-state index contributed by atoms with van der Waals surface area (Å²) >= 11 is 0. The van der Waals surface area contributed by atoms with Gasteiger partial charge < -0.3 is 15.4 Å². The van der Waals surface area contributed by atoms with Crippen molar-refractivity contribution in [3.63, 3.8) is 0 Å². The van der Waals surface area contributed by atoms with Crippen LogP contribution in [0.25, 0.3) is 0 Å². The molecule has 1 atom stereocenters. The molecule has 5 nitrogen and oxygen atoms in total. The van der Waals surface area contributed by atoms with Crippen molar-refractivity contribution in [1.82, 2.24) is 10.6 Å². The molecule has 2 N–H and O–H groups in total. The highest BCUT2D eigenvalue weighted by molar-refractivity contribution is 6.35. The molecule has 0 heterocycles. The van der Waals surface area contributed by atoms with Gasteiger partial charge in [-0.15, -0.1) is 0 Å². The van der Waals surface area contributed by atoms with Gasteiger partial charge in [0.25, 0.3) is 0 Å². The number of hydrogen-bond donors (Lipinski definition) is 2. The zero-order valence-corrected chi connectivity index (χ0v) is 13.2. The Kier molecular flexibility index (Phi) is 5.74. The van der Waals surface area contributed by atoms with Gasteiger partial charge in [-0.1, -0.05) is 42.5 Å². The molecule has 5 heteroatoms. The molecule has 0 saturated carbocycles. The zero-order valence-electron chi connectivity index (χ0n) is 13.2. The van der Waals surface area contributed by atoms with E-state index in [9.17, 15) is 9.59 Å². The Morgan fingerprint density at radius 3 is 2.26 bits per heavy atom. The van der Waals surface area contributed by atoms with Crippen LogP contribution in [0.2, 0.25) is 0 Å². The minimum Gasteiger partial charge on any atom is -0.497 e. The monoisotopic (exact) mass is 312 g/mol. The average molecular weight is 312 g/mol. The lowest BCUT2D eigenvalue weighted by atomic mass is 10.1. The lowest BCUT2D eigenvalue weighted by Gasteiger charge is -2.14. The van der Waals surface area contributed by atoms with E-state index in [1.807, 2.05) is 61.5 Å². The zero-order chi connectivity index (χ0) is 16.7. The lowest BCUT2D eigenvalue weighted by Crippen LogP contribution is -2.40. The van der Waals surface area contributed by atoms with Crippen molar-refractivity contribution in [2.24, 2.45) is 0 Å². The molecule has 0 aliphatic rings. The molecule has 2 aromatic rings. The first-order chi connectivity index (χ1) is 11.1. The van der Waals surface area contributed by atoms with Gasteiger partial charge in [-0.05, 0) is 30.2 Å². The molecular weight excluding hydrogens is 292 g/mol. The summed E-state index contributed by atoms with van der Waals surface area (Å²) in [4.78, 5) is 23.8. The largest absolute Gasteiger partial charge is 0.497 e. The molecule has 0 aliphatic heterocycles. The minimum absolute atomic E-state index is 0.268. The van der Waals surface area contributed by atoms with Gasteiger partial charge in [-0.3, -0.25) is 9.59 Å². The standard InChI is InChI=1S/C18H20N2O3/c1-13(15-8-10-16(23-2)11-9-15)20-18(22)17(21)19-12-14-6-4-3-5-7-14/h3-11,13H,12H2,1-2H3,(H,19,21)(H,20,22)/t13-/m0/s1. The molecule has 2 aromatic carbocycles. The highest BCUT2D eigenvalue weighted by Gasteiger charge is 2.16. The van der Waals surface area contributed by atoms with Gasteiger partial charge in [0.1, 0.15) is 5.75 Å². The molecule has 0 fully saturated rings. The molecule has 0 aliphatic carbocycles. The normalized spacial score (nSPS) is 11.4. The predicted octanol–water partition coefficient (Wildman–Crippen LogP) is 2.19. The van der Waals surface area contributed by atoms with Crippen LogP contribution in [-0.2, 0) is 16.1 Å². The first-order valence-electron chi connectivity index (χ1n) is 7.36. The summed E-state index contributed by atoms with van der Waals surface area (Å²) in [5, 5.41) is 5.28. The van der Waals surface area contributed by atoms with Crippen molar-refractivity contribution < 1.29 is 14.3 Å². The Bertz CT molecular complexity index is 654.